The van der Waals surface area contributed by atoms with Gasteiger partial charge in [0.25, 0.3) is 0 Å². The summed E-state index contributed by atoms with van der Waals surface area (Å²) in [6.07, 6.45) is 13.9. The number of benzene rings is 1. The minimum Gasteiger partial charge on any atom is -0.394 e. The quantitative estimate of drug-likeness (QED) is 0.711. The summed E-state index contributed by atoms with van der Waals surface area (Å²) in [5.74, 6) is 1.44. The van der Waals surface area contributed by atoms with E-state index in [1.165, 1.54) is 56.9 Å². The van der Waals surface area contributed by atoms with Gasteiger partial charge in [-0.3, -0.25) is 0 Å². The fraction of sp³-hybridized carbons (Fsp3) is 0.727. The summed E-state index contributed by atoms with van der Waals surface area (Å²) in [5.41, 5.74) is 10.5. The average Bonchev–Trinajstić information content (AvgIpc) is 3.01. The average molecular weight is 330 g/mol. The van der Waals surface area contributed by atoms with Gasteiger partial charge in [0, 0.05) is 5.54 Å². The molecule has 3 N–H and O–H groups in total. The largest absolute Gasteiger partial charge is 0.394 e. The van der Waals surface area contributed by atoms with Crippen LogP contribution in [0.1, 0.15) is 87.3 Å². The minimum atomic E-state index is -0.343. The van der Waals surface area contributed by atoms with E-state index in [9.17, 15) is 5.11 Å². The van der Waals surface area contributed by atoms with Crippen molar-refractivity contribution < 1.29 is 5.11 Å². The first-order valence-electron chi connectivity index (χ1n) is 10.1. The molecule has 1 aromatic carbocycles. The third-order valence-corrected chi connectivity index (χ3v) is 6.46. The van der Waals surface area contributed by atoms with Gasteiger partial charge < -0.3 is 10.8 Å². The van der Waals surface area contributed by atoms with Crippen molar-refractivity contribution in [2.75, 3.05) is 6.61 Å². The summed E-state index contributed by atoms with van der Waals surface area (Å²) in [5, 5.41) is 9.49. The van der Waals surface area contributed by atoms with Gasteiger partial charge in [-0.05, 0) is 67.1 Å². The van der Waals surface area contributed by atoms with E-state index in [2.05, 4.69) is 25.1 Å². The van der Waals surface area contributed by atoms with E-state index < -0.39 is 0 Å². The van der Waals surface area contributed by atoms with Crippen LogP contribution >= 0.6 is 0 Å². The molecule has 0 spiro atoms. The van der Waals surface area contributed by atoms with Crippen LogP contribution < -0.4 is 5.73 Å². The monoisotopic (exact) mass is 329 g/mol. The number of aliphatic hydroxyl groups excluding tert-OH is 1. The third kappa shape index (κ3) is 4.21. The molecule has 1 aromatic rings. The van der Waals surface area contributed by atoms with Crippen LogP contribution in [0.5, 0.6) is 0 Å². The van der Waals surface area contributed by atoms with Gasteiger partial charge in [-0.1, -0.05) is 57.2 Å². The highest BCUT2D eigenvalue weighted by Gasteiger charge is 2.36. The predicted octanol–water partition coefficient (Wildman–Crippen LogP) is 4.72. The van der Waals surface area contributed by atoms with Crippen molar-refractivity contribution in [1.82, 2.24) is 0 Å². The molecule has 0 heterocycles. The van der Waals surface area contributed by atoms with Crippen molar-refractivity contribution in [3.8, 4) is 0 Å². The highest BCUT2D eigenvalue weighted by molar-refractivity contribution is 5.36. The highest BCUT2D eigenvalue weighted by atomic mass is 16.3. The first kappa shape index (κ1) is 17.9. The lowest BCUT2D eigenvalue weighted by Crippen LogP contribution is -2.40. The zero-order valence-corrected chi connectivity index (χ0v) is 15.4. The Labute approximate surface area is 147 Å². The van der Waals surface area contributed by atoms with Gasteiger partial charge in [0.2, 0.25) is 0 Å². The molecule has 2 nitrogen and oxygen atoms in total. The molecule has 0 aliphatic heterocycles. The summed E-state index contributed by atoms with van der Waals surface area (Å²) in [6.45, 7) is 2.40. The zero-order chi connectivity index (χ0) is 17.0. The SMILES string of the molecule is CCCCCC[C@H]1CCc2cc([C@@H]3CC[C@@](N)(CO)C3)ccc2C1. The fourth-order valence-corrected chi connectivity index (χ4v) is 4.80. The van der Waals surface area contributed by atoms with Gasteiger partial charge >= 0.3 is 0 Å². The maximum atomic E-state index is 9.49. The Morgan fingerprint density at radius 3 is 2.79 bits per heavy atom. The molecule has 1 saturated carbocycles. The Kier molecular flexibility index (Phi) is 5.99. The number of hydrogen-bond donors (Lipinski definition) is 2. The predicted molar refractivity (Wildman–Crippen MR) is 101 cm³/mol. The van der Waals surface area contributed by atoms with Crippen molar-refractivity contribution in [2.45, 2.75) is 89.0 Å². The lowest BCUT2D eigenvalue weighted by molar-refractivity contribution is 0.198. The van der Waals surface area contributed by atoms with Gasteiger partial charge in [0.05, 0.1) is 6.61 Å². The lowest BCUT2D eigenvalue weighted by atomic mass is 9.79. The van der Waals surface area contributed by atoms with Crippen LogP contribution in [0.2, 0.25) is 0 Å². The summed E-state index contributed by atoms with van der Waals surface area (Å²) in [4.78, 5) is 0. The van der Waals surface area contributed by atoms with E-state index in [0.717, 1.165) is 25.2 Å². The first-order valence-corrected chi connectivity index (χ1v) is 10.1. The topological polar surface area (TPSA) is 46.2 Å². The molecule has 1 fully saturated rings. The fourth-order valence-electron chi connectivity index (χ4n) is 4.80. The first-order chi connectivity index (χ1) is 11.6. The summed E-state index contributed by atoms with van der Waals surface area (Å²) in [7, 11) is 0. The normalized spacial score (nSPS) is 29.6. The molecule has 0 aromatic heterocycles. The van der Waals surface area contributed by atoms with Crippen LogP contribution in [0.4, 0.5) is 0 Å². The third-order valence-electron chi connectivity index (χ3n) is 6.46. The van der Waals surface area contributed by atoms with Gasteiger partial charge in [0.15, 0.2) is 0 Å². The number of aryl methyl sites for hydroxylation is 1. The number of rotatable bonds is 7. The Morgan fingerprint density at radius 2 is 2.04 bits per heavy atom. The van der Waals surface area contributed by atoms with Crippen LogP contribution in [-0.2, 0) is 12.8 Å². The molecular weight excluding hydrogens is 294 g/mol. The Morgan fingerprint density at radius 1 is 1.17 bits per heavy atom. The van der Waals surface area contributed by atoms with E-state index >= 15 is 0 Å². The van der Waals surface area contributed by atoms with E-state index in [1.807, 2.05) is 0 Å². The molecule has 0 saturated heterocycles. The number of fused-ring (bicyclic) bond motifs is 1. The molecule has 0 bridgehead atoms. The van der Waals surface area contributed by atoms with E-state index in [1.54, 1.807) is 11.1 Å². The van der Waals surface area contributed by atoms with E-state index in [-0.39, 0.29) is 12.1 Å². The van der Waals surface area contributed by atoms with Crippen LogP contribution in [0, 0.1) is 5.92 Å². The lowest BCUT2D eigenvalue weighted by Gasteiger charge is -2.26. The van der Waals surface area contributed by atoms with Crippen LogP contribution in [-0.4, -0.2) is 17.3 Å². The molecule has 0 radical (unpaired) electrons. The van der Waals surface area contributed by atoms with Crippen molar-refractivity contribution in [2.24, 2.45) is 11.7 Å². The van der Waals surface area contributed by atoms with E-state index in [0.29, 0.717) is 5.92 Å². The van der Waals surface area contributed by atoms with Crippen molar-refractivity contribution >= 4 is 0 Å². The summed E-state index contributed by atoms with van der Waals surface area (Å²) < 4.78 is 0. The van der Waals surface area contributed by atoms with Crippen LogP contribution in [0.15, 0.2) is 18.2 Å². The molecule has 3 rings (SSSR count). The second-order valence-corrected chi connectivity index (χ2v) is 8.45. The number of hydrogen-bond acceptors (Lipinski definition) is 2. The van der Waals surface area contributed by atoms with E-state index in [4.69, 9.17) is 5.73 Å². The van der Waals surface area contributed by atoms with Gasteiger partial charge in [-0.2, -0.15) is 0 Å². The van der Waals surface area contributed by atoms with Crippen LogP contribution in [0.3, 0.4) is 0 Å². The highest BCUT2D eigenvalue weighted by Crippen LogP contribution is 2.40. The second-order valence-electron chi connectivity index (χ2n) is 8.45. The molecule has 24 heavy (non-hydrogen) atoms. The molecule has 2 aliphatic carbocycles. The second kappa shape index (κ2) is 8.01. The summed E-state index contributed by atoms with van der Waals surface area (Å²) >= 11 is 0. The smallest absolute Gasteiger partial charge is 0.0611 e. The molecule has 0 amide bonds. The maximum absolute atomic E-state index is 9.49. The van der Waals surface area contributed by atoms with Gasteiger partial charge in [-0.15, -0.1) is 0 Å². The van der Waals surface area contributed by atoms with Crippen molar-refractivity contribution in [3.63, 3.8) is 0 Å². The molecule has 3 atom stereocenters. The minimum absolute atomic E-state index is 0.119. The van der Waals surface area contributed by atoms with Gasteiger partial charge in [-0.25, -0.2) is 0 Å². The molecule has 2 aliphatic rings. The number of nitrogens with two attached hydrogens (primary N) is 1. The summed E-state index contributed by atoms with van der Waals surface area (Å²) in [6, 6.07) is 7.18. The standard InChI is InChI=1S/C22H35NO/c1-2-3-4-5-6-17-7-8-19-14-20(10-9-18(19)13-17)21-11-12-22(23,15-21)16-24/h9-10,14,17,21,24H,2-8,11-13,15-16,23H2,1H3/t17-,21+,22-/m0/s1. The number of unbranched alkanes of at least 4 members (excludes halogenated alkanes) is 3. The number of aliphatic hydroxyl groups is 1. The molecular formula is C22H35NO. The maximum Gasteiger partial charge on any atom is 0.0611 e. The molecule has 0 unspecified atom stereocenters. The van der Waals surface area contributed by atoms with Crippen LogP contribution in [0.25, 0.3) is 0 Å². The molecule has 134 valence electrons. The Balaban J connectivity index is 1.58. The Bertz CT molecular complexity index is 541. The van der Waals surface area contributed by atoms with Crippen molar-refractivity contribution in [1.29, 1.82) is 0 Å². The Hall–Kier alpha value is -0.860. The molecule has 2 heteroatoms. The van der Waals surface area contributed by atoms with Crippen molar-refractivity contribution in [3.05, 3.63) is 34.9 Å². The van der Waals surface area contributed by atoms with Gasteiger partial charge in [0.1, 0.15) is 0 Å². The zero-order valence-electron chi connectivity index (χ0n) is 15.4.